The van der Waals surface area contributed by atoms with E-state index in [1.165, 1.54) is 0 Å². The van der Waals surface area contributed by atoms with Gasteiger partial charge in [-0.05, 0) is 54.3 Å². The second-order valence-corrected chi connectivity index (χ2v) is 9.08. The molecule has 1 spiro atoms. The zero-order valence-electron chi connectivity index (χ0n) is 18.6. The monoisotopic (exact) mass is 425 g/mol. The number of carbonyl (C=O) groups is 2. The molecule has 2 aliphatic heterocycles. The summed E-state index contributed by atoms with van der Waals surface area (Å²) in [6.45, 7) is 5.18. The van der Waals surface area contributed by atoms with Gasteiger partial charge in [0, 0.05) is 31.5 Å². The molecule has 3 aromatic rings. The van der Waals surface area contributed by atoms with Gasteiger partial charge in [-0.15, -0.1) is 0 Å². The van der Waals surface area contributed by atoms with Gasteiger partial charge in [-0.25, -0.2) is 0 Å². The summed E-state index contributed by atoms with van der Waals surface area (Å²) >= 11 is 0. The Morgan fingerprint density at radius 3 is 2.25 bits per heavy atom. The largest absolute Gasteiger partial charge is 0.486 e. The van der Waals surface area contributed by atoms with Crippen molar-refractivity contribution in [3.63, 3.8) is 0 Å². The van der Waals surface area contributed by atoms with Crippen LogP contribution in [-0.2, 0) is 0 Å². The summed E-state index contributed by atoms with van der Waals surface area (Å²) in [4.78, 5) is 27.9. The number of hydrogen-bond acceptors (Lipinski definition) is 3. The number of Topliss-reactive ketones (excluding diaryl/α,β-unsaturated/α-hetero) is 1. The number of nitrogens with zero attached hydrogens (tertiary/aromatic N) is 1. The van der Waals surface area contributed by atoms with Gasteiger partial charge in [0.1, 0.15) is 11.4 Å². The Hall–Kier alpha value is -3.40. The highest BCUT2D eigenvalue weighted by Gasteiger charge is 2.44. The van der Waals surface area contributed by atoms with Crippen LogP contribution in [0.4, 0.5) is 0 Å². The lowest BCUT2D eigenvalue weighted by Gasteiger charge is -2.44. The van der Waals surface area contributed by atoms with Crippen molar-refractivity contribution in [2.45, 2.75) is 38.7 Å². The van der Waals surface area contributed by atoms with E-state index in [1.54, 1.807) is 0 Å². The molecule has 0 aliphatic carbocycles. The molecule has 4 nitrogen and oxygen atoms in total. The van der Waals surface area contributed by atoms with Crippen LogP contribution in [0.3, 0.4) is 0 Å². The first-order chi connectivity index (χ1) is 15.4. The van der Waals surface area contributed by atoms with Gasteiger partial charge in [-0.1, -0.05) is 48.5 Å². The number of piperidine rings is 1. The average molecular weight is 426 g/mol. The standard InChI is InChI=1S/C28H27NO3/c1-19-16-20(2)26-24(17-19)25(30)18-28(32-26)12-14-29(15-13-28)27(31)23-10-8-22(9-11-23)21-6-4-3-5-7-21/h3-11,16-17H,12-15,18H2,1-2H3. The van der Waals surface area contributed by atoms with Crippen molar-refractivity contribution in [1.82, 2.24) is 4.90 Å². The molecule has 32 heavy (non-hydrogen) atoms. The molecular formula is C28H27NO3. The van der Waals surface area contributed by atoms with Crippen molar-refractivity contribution in [3.8, 4) is 16.9 Å². The van der Waals surface area contributed by atoms with Gasteiger partial charge < -0.3 is 9.64 Å². The van der Waals surface area contributed by atoms with Crippen molar-refractivity contribution in [3.05, 3.63) is 89.0 Å². The molecule has 162 valence electrons. The van der Waals surface area contributed by atoms with Crippen LogP contribution in [0.15, 0.2) is 66.7 Å². The van der Waals surface area contributed by atoms with E-state index in [2.05, 4.69) is 18.2 Å². The normalized spacial score (nSPS) is 17.1. The highest BCUT2D eigenvalue weighted by atomic mass is 16.5. The molecule has 3 aromatic carbocycles. The first kappa shape index (κ1) is 20.5. The fraction of sp³-hybridized carbons (Fsp3) is 0.286. The number of ketones is 1. The summed E-state index contributed by atoms with van der Waals surface area (Å²) in [7, 11) is 0. The first-order valence-electron chi connectivity index (χ1n) is 11.2. The third kappa shape index (κ3) is 3.70. The van der Waals surface area contributed by atoms with E-state index in [9.17, 15) is 9.59 Å². The van der Waals surface area contributed by atoms with E-state index in [0.717, 1.165) is 28.0 Å². The first-order valence-corrected chi connectivity index (χ1v) is 11.2. The van der Waals surface area contributed by atoms with Gasteiger partial charge in [0.05, 0.1) is 12.0 Å². The molecule has 0 N–H and O–H groups in total. The lowest BCUT2D eigenvalue weighted by Crippen LogP contribution is -2.52. The van der Waals surface area contributed by atoms with Gasteiger partial charge >= 0.3 is 0 Å². The van der Waals surface area contributed by atoms with Crippen molar-refractivity contribution in [2.75, 3.05) is 13.1 Å². The number of hydrogen-bond donors (Lipinski definition) is 0. The molecule has 1 amide bonds. The molecule has 4 heteroatoms. The number of benzene rings is 3. The maximum atomic E-state index is 13.1. The quantitative estimate of drug-likeness (QED) is 0.536. The molecule has 0 aromatic heterocycles. The Morgan fingerprint density at radius 2 is 1.56 bits per heavy atom. The lowest BCUT2D eigenvalue weighted by atomic mass is 9.81. The van der Waals surface area contributed by atoms with Crippen LogP contribution in [0.2, 0.25) is 0 Å². The molecular weight excluding hydrogens is 398 g/mol. The summed E-state index contributed by atoms with van der Waals surface area (Å²) in [6, 6.07) is 21.9. The lowest BCUT2D eigenvalue weighted by molar-refractivity contribution is -0.00619. The van der Waals surface area contributed by atoms with Crippen molar-refractivity contribution in [1.29, 1.82) is 0 Å². The Labute approximate surface area is 188 Å². The minimum Gasteiger partial charge on any atom is -0.486 e. The van der Waals surface area contributed by atoms with Gasteiger partial charge in [-0.2, -0.15) is 0 Å². The van der Waals surface area contributed by atoms with E-state index < -0.39 is 5.60 Å². The molecule has 0 bridgehead atoms. The molecule has 0 saturated carbocycles. The molecule has 2 aliphatic rings. The number of fused-ring (bicyclic) bond motifs is 1. The fourth-order valence-electron chi connectivity index (χ4n) is 4.95. The van der Waals surface area contributed by atoms with E-state index >= 15 is 0 Å². The summed E-state index contributed by atoms with van der Waals surface area (Å²) in [5.41, 5.74) is 5.20. The van der Waals surface area contributed by atoms with Crippen molar-refractivity contribution < 1.29 is 14.3 Å². The van der Waals surface area contributed by atoms with Crippen LogP contribution in [-0.4, -0.2) is 35.3 Å². The highest BCUT2D eigenvalue weighted by Crippen LogP contribution is 2.41. The predicted octanol–water partition coefficient (Wildman–Crippen LogP) is 5.61. The van der Waals surface area contributed by atoms with E-state index in [0.29, 0.717) is 43.5 Å². The average Bonchev–Trinajstić information content (AvgIpc) is 2.81. The number of rotatable bonds is 2. The number of likely N-dealkylation sites (tertiary alicyclic amines) is 1. The second kappa shape index (κ2) is 7.94. The molecule has 0 radical (unpaired) electrons. The summed E-state index contributed by atoms with van der Waals surface area (Å²) in [5.74, 6) is 0.909. The second-order valence-electron chi connectivity index (χ2n) is 9.08. The molecule has 1 fully saturated rings. The van der Waals surface area contributed by atoms with Crippen LogP contribution >= 0.6 is 0 Å². The molecule has 5 rings (SSSR count). The zero-order valence-corrected chi connectivity index (χ0v) is 18.6. The van der Waals surface area contributed by atoms with E-state index in [-0.39, 0.29) is 11.7 Å². The van der Waals surface area contributed by atoms with Gasteiger partial charge in [-0.3, -0.25) is 9.59 Å². The fourth-order valence-corrected chi connectivity index (χ4v) is 4.95. The number of aryl methyl sites for hydroxylation is 2. The molecule has 2 heterocycles. The third-order valence-electron chi connectivity index (χ3n) is 6.72. The summed E-state index contributed by atoms with van der Waals surface area (Å²) in [6.07, 6.45) is 1.72. The summed E-state index contributed by atoms with van der Waals surface area (Å²) in [5, 5.41) is 0. The van der Waals surface area contributed by atoms with Gasteiger partial charge in [0.15, 0.2) is 5.78 Å². The molecule has 1 saturated heterocycles. The topological polar surface area (TPSA) is 46.6 Å². The minimum absolute atomic E-state index is 0.0359. The third-order valence-corrected chi connectivity index (χ3v) is 6.72. The van der Waals surface area contributed by atoms with Crippen LogP contribution in [0.1, 0.15) is 51.1 Å². The molecule has 0 unspecified atom stereocenters. The Kier molecular flexibility index (Phi) is 5.09. The van der Waals surface area contributed by atoms with Crippen LogP contribution in [0, 0.1) is 13.8 Å². The van der Waals surface area contributed by atoms with Crippen LogP contribution in [0.5, 0.6) is 5.75 Å². The van der Waals surface area contributed by atoms with Gasteiger partial charge in [0.2, 0.25) is 0 Å². The number of ether oxygens (including phenoxy) is 1. The Morgan fingerprint density at radius 1 is 0.906 bits per heavy atom. The smallest absolute Gasteiger partial charge is 0.253 e. The minimum atomic E-state index is -0.502. The Balaban J connectivity index is 1.28. The number of carbonyl (C=O) groups excluding carboxylic acids is 2. The van der Waals surface area contributed by atoms with E-state index in [1.807, 2.05) is 67.3 Å². The van der Waals surface area contributed by atoms with Crippen molar-refractivity contribution in [2.24, 2.45) is 0 Å². The molecule has 0 atom stereocenters. The van der Waals surface area contributed by atoms with Crippen LogP contribution < -0.4 is 4.74 Å². The Bertz CT molecular complexity index is 1170. The van der Waals surface area contributed by atoms with E-state index in [4.69, 9.17) is 4.74 Å². The van der Waals surface area contributed by atoms with Gasteiger partial charge in [0.25, 0.3) is 5.91 Å². The van der Waals surface area contributed by atoms with Crippen molar-refractivity contribution >= 4 is 11.7 Å². The highest BCUT2D eigenvalue weighted by molar-refractivity contribution is 6.01. The van der Waals surface area contributed by atoms with Crippen LogP contribution in [0.25, 0.3) is 11.1 Å². The number of amides is 1. The summed E-state index contributed by atoms with van der Waals surface area (Å²) < 4.78 is 6.46. The SMILES string of the molecule is Cc1cc(C)c2c(c1)C(=O)CC1(CCN(C(=O)c3ccc(-c4ccccc4)cc3)CC1)O2. The maximum Gasteiger partial charge on any atom is 0.253 e. The zero-order chi connectivity index (χ0) is 22.3. The predicted molar refractivity (Wildman–Crippen MR) is 125 cm³/mol. The maximum absolute atomic E-state index is 13.1.